The van der Waals surface area contributed by atoms with Crippen LogP contribution < -0.4 is 5.32 Å². The van der Waals surface area contributed by atoms with E-state index in [1.165, 1.54) is 0 Å². The van der Waals surface area contributed by atoms with E-state index in [9.17, 15) is 5.11 Å². The van der Waals surface area contributed by atoms with Crippen molar-refractivity contribution in [2.75, 3.05) is 26.2 Å². The third kappa shape index (κ3) is 3.10. The van der Waals surface area contributed by atoms with Crippen LogP contribution in [0.2, 0.25) is 0 Å². The molecular formula is C16H26N2O. The lowest BCUT2D eigenvalue weighted by molar-refractivity contribution is 0.126. The number of nitrogens with zero attached hydrogens (tertiary/aromatic N) is 1. The Hall–Kier alpha value is -1.06. The van der Waals surface area contributed by atoms with Crippen LogP contribution in [0, 0.1) is 12.8 Å². The minimum absolute atomic E-state index is 0.326. The van der Waals surface area contributed by atoms with Crippen molar-refractivity contribution >= 4 is 0 Å². The Bertz CT molecular complexity index is 413. The normalized spacial score (nSPS) is 20.2. The second-order valence-electron chi connectivity index (χ2n) is 5.63. The molecule has 2 rings (SSSR count). The van der Waals surface area contributed by atoms with Crippen molar-refractivity contribution in [2.45, 2.75) is 33.2 Å². The van der Waals surface area contributed by atoms with Gasteiger partial charge in [0.1, 0.15) is 5.75 Å². The molecule has 1 aliphatic heterocycles. The van der Waals surface area contributed by atoms with E-state index in [0.717, 1.165) is 43.7 Å². The third-order valence-corrected chi connectivity index (χ3v) is 4.32. The van der Waals surface area contributed by atoms with Crippen molar-refractivity contribution in [3.63, 3.8) is 0 Å². The second-order valence-corrected chi connectivity index (χ2v) is 5.63. The van der Waals surface area contributed by atoms with Crippen LogP contribution in [0.1, 0.15) is 37.4 Å². The highest BCUT2D eigenvalue weighted by molar-refractivity contribution is 5.41. The maximum Gasteiger partial charge on any atom is 0.123 e. The Morgan fingerprint density at radius 2 is 2.00 bits per heavy atom. The van der Waals surface area contributed by atoms with E-state index in [1.807, 2.05) is 13.0 Å². The smallest absolute Gasteiger partial charge is 0.123 e. The van der Waals surface area contributed by atoms with Gasteiger partial charge < -0.3 is 10.4 Å². The SMILES string of the molecule is CCC(C)[C@@H](c1cccc(C)c1O)N1CCNCC1. The first kappa shape index (κ1) is 14.4. The van der Waals surface area contributed by atoms with Crippen molar-refractivity contribution in [3.8, 4) is 5.75 Å². The van der Waals surface area contributed by atoms with Gasteiger partial charge in [0, 0.05) is 37.8 Å². The lowest BCUT2D eigenvalue weighted by Crippen LogP contribution is -2.46. The average molecular weight is 262 g/mol. The predicted octanol–water partition coefficient (Wildman–Crippen LogP) is 2.69. The Balaban J connectivity index is 2.33. The zero-order chi connectivity index (χ0) is 13.8. The number of nitrogens with one attached hydrogen (secondary N) is 1. The van der Waals surface area contributed by atoms with Crippen molar-refractivity contribution in [3.05, 3.63) is 29.3 Å². The zero-order valence-electron chi connectivity index (χ0n) is 12.3. The Morgan fingerprint density at radius 3 is 2.63 bits per heavy atom. The molecule has 1 aromatic carbocycles. The topological polar surface area (TPSA) is 35.5 Å². The van der Waals surface area contributed by atoms with Gasteiger partial charge in [-0.3, -0.25) is 4.90 Å². The Morgan fingerprint density at radius 1 is 1.32 bits per heavy atom. The quantitative estimate of drug-likeness (QED) is 0.876. The van der Waals surface area contributed by atoms with Crippen molar-refractivity contribution in [1.29, 1.82) is 0 Å². The number of hydrogen-bond donors (Lipinski definition) is 2. The van der Waals surface area contributed by atoms with Gasteiger partial charge in [0.15, 0.2) is 0 Å². The number of rotatable bonds is 4. The van der Waals surface area contributed by atoms with Crippen LogP contribution in [-0.2, 0) is 0 Å². The Kier molecular flexibility index (Phi) is 4.83. The highest BCUT2D eigenvalue weighted by Crippen LogP contribution is 2.37. The summed E-state index contributed by atoms with van der Waals surface area (Å²) in [5, 5.41) is 13.8. The largest absolute Gasteiger partial charge is 0.507 e. The molecule has 0 bridgehead atoms. The summed E-state index contributed by atoms with van der Waals surface area (Å²) in [5.41, 5.74) is 2.07. The minimum Gasteiger partial charge on any atom is -0.507 e. The van der Waals surface area contributed by atoms with Crippen molar-refractivity contribution in [1.82, 2.24) is 10.2 Å². The van der Waals surface area contributed by atoms with E-state index in [4.69, 9.17) is 0 Å². The van der Waals surface area contributed by atoms with E-state index >= 15 is 0 Å². The molecule has 3 heteroatoms. The van der Waals surface area contributed by atoms with Crippen LogP contribution >= 0.6 is 0 Å². The molecule has 1 fully saturated rings. The molecule has 0 saturated carbocycles. The molecule has 0 amide bonds. The van der Waals surface area contributed by atoms with Crippen molar-refractivity contribution in [2.24, 2.45) is 5.92 Å². The predicted molar refractivity (Wildman–Crippen MR) is 79.5 cm³/mol. The van der Waals surface area contributed by atoms with E-state index in [-0.39, 0.29) is 0 Å². The molecule has 1 aromatic rings. The molecule has 106 valence electrons. The number of benzene rings is 1. The fraction of sp³-hybridized carbons (Fsp3) is 0.625. The first-order valence-electron chi connectivity index (χ1n) is 7.38. The van der Waals surface area contributed by atoms with E-state index < -0.39 is 0 Å². The maximum absolute atomic E-state index is 10.4. The standard InChI is InChI=1S/C16H26N2O/c1-4-12(2)15(18-10-8-17-9-11-18)14-7-5-6-13(3)16(14)19/h5-7,12,15,17,19H,4,8-11H2,1-3H3/t12?,15-/m0/s1. The van der Waals surface area contributed by atoms with Crippen molar-refractivity contribution < 1.29 is 5.11 Å². The van der Waals surface area contributed by atoms with Crippen LogP contribution in [0.25, 0.3) is 0 Å². The van der Waals surface area contributed by atoms with Gasteiger partial charge in [0.2, 0.25) is 0 Å². The fourth-order valence-electron chi connectivity index (χ4n) is 2.97. The van der Waals surface area contributed by atoms with Gasteiger partial charge in [-0.05, 0) is 18.4 Å². The Labute approximate surface area is 116 Å². The highest BCUT2D eigenvalue weighted by atomic mass is 16.3. The van der Waals surface area contributed by atoms with Gasteiger partial charge in [-0.2, -0.15) is 0 Å². The molecule has 1 unspecified atom stereocenters. The second kappa shape index (κ2) is 6.40. The molecule has 0 aromatic heterocycles. The maximum atomic E-state index is 10.4. The van der Waals surface area contributed by atoms with Crippen LogP contribution in [0.4, 0.5) is 0 Å². The summed E-state index contributed by atoms with van der Waals surface area (Å²) in [6.07, 6.45) is 1.13. The monoisotopic (exact) mass is 262 g/mol. The summed E-state index contributed by atoms with van der Waals surface area (Å²) in [4.78, 5) is 2.51. The minimum atomic E-state index is 0.326. The average Bonchev–Trinajstić information content (AvgIpc) is 2.44. The molecule has 1 heterocycles. The lowest BCUT2D eigenvalue weighted by atomic mass is 9.89. The van der Waals surface area contributed by atoms with E-state index in [2.05, 4.69) is 36.2 Å². The summed E-state index contributed by atoms with van der Waals surface area (Å²) in [7, 11) is 0. The molecule has 1 saturated heterocycles. The molecule has 0 radical (unpaired) electrons. The van der Waals surface area contributed by atoms with Gasteiger partial charge in [-0.15, -0.1) is 0 Å². The number of hydrogen-bond acceptors (Lipinski definition) is 3. The molecule has 3 nitrogen and oxygen atoms in total. The molecule has 2 atom stereocenters. The molecule has 0 spiro atoms. The van der Waals surface area contributed by atoms with Crippen LogP contribution in [0.5, 0.6) is 5.75 Å². The van der Waals surface area contributed by atoms with Gasteiger partial charge in [-0.25, -0.2) is 0 Å². The first-order valence-corrected chi connectivity index (χ1v) is 7.38. The number of para-hydroxylation sites is 1. The summed E-state index contributed by atoms with van der Waals surface area (Å²) in [5.74, 6) is 1.03. The number of aryl methyl sites for hydroxylation is 1. The summed E-state index contributed by atoms with van der Waals surface area (Å²) >= 11 is 0. The van der Waals surface area contributed by atoms with Crippen LogP contribution in [0.15, 0.2) is 18.2 Å². The first-order chi connectivity index (χ1) is 9.15. The fourth-order valence-corrected chi connectivity index (χ4v) is 2.97. The number of phenolic OH excluding ortho intramolecular Hbond substituents is 1. The molecule has 1 aliphatic rings. The van der Waals surface area contributed by atoms with Crippen LogP contribution in [-0.4, -0.2) is 36.2 Å². The molecule has 19 heavy (non-hydrogen) atoms. The van der Waals surface area contributed by atoms with E-state index in [1.54, 1.807) is 0 Å². The van der Waals surface area contributed by atoms with Gasteiger partial charge in [-0.1, -0.05) is 38.5 Å². The van der Waals surface area contributed by atoms with E-state index in [0.29, 0.717) is 17.7 Å². The molecule has 0 aliphatic carbocycles. The molecule has 2 N–H and O–H groups in total. The van der Waals surface area contributed by atoms with Crippen LogP contribution in [0.3, 0.4) is 0 Å². The zero-order valence-corrected chi connectivity index (χ0v) is 12.3. The lowest BCUT2D eigenvalue weighted by Gasteiger charge is -2.38. The third-order valence-electron chi connectivity index (χ3n) is 4.32. The van der Waals surface area contributed by atoms with Gasteiger partial charge in [0.25, 0.3) is 0 Å². The molecular weight excluding hydrogens is 236 g/mol. The summed E-state index contributed by atoms with van der Waals surface area (Å²) in [6, 6.07) is 6.44. The number of phenols is 1. The summed E-state index contributed by atoms with van der Waals surface area (Å²) in [6.45, 7) is 10.7. The van der Waals surface area contributed by atoms with Gasteiger partial charge >= 0.3 is 0 Å². The van der Waals surface area contributed by atoms with Gasteiger partial charge in [0.05, 0.1) is 0 Å². The number of aromatic hydroxyl groups is 1. The summed E-state index contributed by atoms with van der Waals surface area (Å²) < 4.78 is 0. The number of piperazine rings is 1. The highest BCUT2D eigenvalue weighted by Gasteiger charge is 2.28.